The van der Waals surface area contributed by atoms with Gasteiger partial charge in [0.1, 0.15) is 17.3 Å². The number of hydrogen-bond acceptors (Lipinski definition) is 8. The Morgan fingerprint density at radius 1 is 1.16 bits per heavy atom. The number of piperazine rings is 1. The van der Waals surface area contributed by atoms with Gasteiger partial charge in [0.25, 0.3) is 0 Å². The lowest BCUT2D eigenvalue weighted by molar-refractivity contribution is -0.126. The Morgan fingerprint density at radius 3 is 2.80 bits per heavy atom. The lowest BCUT2D eigenvalue weighted by atomic mass is 10.1. The SMILES string of the molecule is C=CC(=O)N1CCN(c2nc(=O)n3c4nc(c(F)cc24)-c2c(F)cccc2NCCCSc2ccnc(C(C)C)c2-3)C2C[C@H]21. The van der Waals surface area contributed by atoms with Crippen LogP contribution in [0.3, 0.4) is 0 Å². The Morgan fingerprint density at radius 2 is 2.00 bits per heavy atom. The van der Waals surface area contributed by atoms with E-state index in [1.807, 2.05) is 24.8 Å². The molecule has 0 radical (unpaired) electrons. The largest absolute Gasteiger partial charge is 0.384 e. The van der Waals surface area contributed by atoms with Crippen LogP contribution in [0.15, 0.2) is 58.9 Å². The number of pyridine rings is 2. The highest BCUT2D eigenvalue weighted by atomic mass is 32.2. The van der Waals surface area contributed by atoms with E-state index in [-0.39, 0.29) is 40.8 Å². The molecule has 0 spiro atoms. The maximum absolute atomic E-state index is 16.2. The zero-order chi connectivity index (χ0) is 30.7. The summed E-state index contributed by atoms with van der Waals surface area (Å²) in [5, 5.41) is 3.59. The number of hydrogen-bond donors (Lipinski definition) is 1. The Hall–Kier alpha value is -4.32. The van der Waals surface area contributed by atoms with Crippen molar-refractivity contribution < 1.29 is 13.6 Å². The molecular formula is C32H31F2N7O2S. The van der Waals surface area contributed by atoms with Crippen LogP contribution in [0.25, 0.3) is 28.0 Å². The lowest BCUT2D eigenvalue weighted by Gasteiger charge is -2.35. The Bertz CT molecular complexity index is 1900. The van der Waals surface area contributed by atoms with Crippen LogP contribution in [-0.2, 0) is 4.79 Å². The van der Waals surface area contributed by atoms with Gasteiger partial charge in [-0.2, -0.15) is 4.98 Å². The molecule has 226 valence electrons. The molecule has 12 heteroatoms. The Balaban J connectivity index is 1.53. The van der Waals surface area contributed by atoms with Crippen LogP contribution in [0.5, 0.6) is 0 Å². The highest BCUT2D eigenvalue weighted by Gasteiger charge is 2.51. The van der Waals surface area contributed by atoms with Crippen molar-refractivity contribution >= 4 is 40.2 Å². The Kier molecular flexibility index (Phi) is 7.11. The van der Waals surface area contributed by atoms with E-state index in [4.69, 9.17) is 4.98 Å². The smallest absolute Gasteiger partial charge is 0.355 e. The predicted molar refractivity (Wildman–Crippen MR) is 168 cm³/mol. The van der Waals surface area contributed by atoms with Crippen molar-refractivity contribution in [2.45, 2.75) is 49.6 Å². The van der Waals surface area contributed by atoms with Crippen LogP contribution >= 0.6 is 11.8 Å². The van der Waals surface area contributed by atoms with Gasteiger partial charge in [0.15, 0.2) is 11.5 Å². The van der Waals surface area contributed by atoms with Crippen molar-refractivity contribution in [1.82, 2.24) is 24.4 Å². The molecule has 3 aromatic heterocycles. The number of fused-ring (bicyclic) bond motifs is 6. The number of nitrogens with one attached hydrogen (secondary N) is 1. The number of halogens is 2. The van der Waals surface area contributed by atoms with Gasteiger partial charge in [-0.05, 0) is 54.9 Å². The molecule has 1 amide bonds. The van der Waals surface area contributed by atoms with Crippen LogP contribution < -0.4 is 15.9 Å². The van der Waals surface area contributed by atoms with E-state index in [0.717, 1.165) is 11.3 Å². The monoisotopic (exact) mass is 615 g/mol. The first-order chi connectivity index (χ1) is 21.3. The van der Waals surface area contributed by atoms with Gasteiger partial charge in [0.05, 0.1) is 34.4 Å². The number of carbonyl (C=O) groups is 1. The number of thioether (sulfide) groups is 1. The molecule has 2 bridgehead atoms. The van der Waals surface area contributed by atoms with Crippen molar-refractivity contribution in [3.05, 3.63) is 77.0 Å². The van der Waals surface area contributed by atoms with Crippen LogP contribution in [0.2, 0.25) is 0 Å². The fraction of sp³-hybridized carbons (Fsp3) is 0.344. The van der Waals surface area contributed by atoms with E-state index >= 15 is 8.78 Å². The second kappa shape index (κ2) is 11.0. The quantitative estimate of drug-likeness (QED) is 0.317. The topological polar surface area (TPSA) is 96.3 Å². The van der Waals surface area contributed by atoms with Gasteiger partial charge >= 0.3 is 5.69 Å². The van der Waals surface area contributed by atoms with Crippen LogP contribution in [0.1, 0.15) is 38.3 Å². The third-order valence-corrected chi connectivity index (χ3v) is 9.60. The number of anilines is 2. The van der Waals surface area contributed by atoms with Crippen molar-refractivity contribution in [1.29, 1.82) is 0 Å². The molecular weight excluding hydrogens is 584 g/mol. The number of rotatable bonds is 3. The van der Waals surface area contributed by atoms with E-state index < -0.39 is 17.3 Å². The summed E-state index contributed by atoms with van der Waals surface area (Å²) in [5.74, 6) is -0.528. The second-order valence-electron chi connectivity index (χ2n) is 11.5. The molecule has 1 unspecified atom stereocenters. The van der Waals surface area contributed by atoms with Crippen LogP contribution in [-0.4, -0.2) is 67.8 Å². The fourth-order valence-corrected chi connectivity index (χ4v) is 7.34. The molecule has 4 aromatic rings. The van der Waals surface area contributed by atoms with Crippen molar-refractivity contribution in [2.24, 2.45) is 0 Å². The lowest BCUT2D eigenvalue weighted by Crippen LogP contribution is -2.49. The van der Waals surface area contributed by atoms with Gasteiger partial charge in [-0.25, -0.2) is 23.1 Å². The molecule has 2 aliphatic heterocycles. The second-order valence-corrected chi connectivity index (χ2v) is 12.7. The van der Waals surface area contributed by atoms with Gasteiger partial charge in [0.2, 0.25) is 5.91 Å². The number of aromatic nitrogens is 4. The number of benzene rings is 1. The molecule has 2 fully saturated rings. The standard InChI is InChI=1S/C32H31F2N7O2S/c1-4-25(42)39-12-13-40(23-16-22(23)39)30-18-15-20(34)28-26-19(33)7-5-8-21(26)35-10-6-14-44-24-9-11-36-27(17(2)3)29(24)41(31(18)37-28)32(43)38-30/h4-5,7-9,11,15,17,22-23,35H,1,6,10,12-14,16H2,2-3H3/t22-,23?/m1/s1. The zero-order valence-corrected chi connectivity index (χ0v) is 25.2. The van der Waals surface area contributed by atoms with Gasteiger partial charge in [-0.3, -0.25) is 9.78 Å². The van der Waals surface area contributed by atoms with Gasteiger partial charge in [-0.15, -0.1) is 11.8 Å². The number of nitrogens with zero attached hydrogens (tertiary/aromatic N) is 6. The molecule has 1 aliphatic carbocycles. The van der Waals surface area contributed by atoms with Crippen molar-refractivity contribution in [2.75, 3.05) is 35.6 Å². The average Bonchev–Trinajstić information content (AvgIpc) is 3.81. The normalized spacial score (nSPS) is 19.3. The minimum Gasteiger partial charge on any atom is -0.384 e. The van der Waals surface area contributed by atoms with Crippen LogP contribution in [0, 0.1) is 11.6 Å². The number of carbonyl (C=O) groups excluding carboxylic acids is 1. The third-order valence-electron chi connectivity index (χ3n) is 8.47. The highest BCUT2D eigenvalue weighted by Crippen LogP contribution is 2.42. The predicted octanol–water partition coefficient (Wildman–Crippen LogP) is 5.13. The van der Waals surface area contributed by atoms with E-state index in [0.29, 0.717) is 60.1 Å². The molecule has 5 heterocycles. The molecule has 7 rings (SSSR count). The van der Waals surface area contributed by atoms with E-state index in [9.17, 15) is 9.59 Å². The first-order valence-corrected chi connectivity index (χ1v) is 15.7. The van der Waals surface area contributed by atoms with E-state index in [1.54, 1.807) is 35.0 Å². The summed E-state index contributed by atoms with van der Waals surface area (Å²) < 4.78 is 33.1. The number of amides is 1. The minimum atomic E-state index is -0.730. The summed E-state index contributed by atoms with van der Waals surface area (Å²) >= 11 is 1.59. The first kappa shape index (κ1) is 28.5. The summed E-state index contributed by atoms with van der Waals surface area (Å²) in [6.45, 7) is 8.96. The molecule has 3 aliphatic rings. The zero-order valence-electron chi connectivity index (χ0n) is 24.4. The summed E-state index contributed by atoms with van der Waals surface area (Å²) in [4.78, 5) is 45.2. The molecule has 2 atom stereocenters. The molecule has 1 saturated heterocycles. The van der Waals surface area contributed by atoms with Crippen LogP contribution in [0.4, 0.5) is 20.3 Å². The van der Waals surface area contributed by atoms with Gasteiger partial charge in [0, 0.05) is 36.4 Å². The summed E-state index contributed by atoms with van der Waals surface area (Å²) in [6.07, 6.45) is 4.47. The van der Waals surface area contributed by atoms with E-state index in [2.05, 4.69) is 21.9 Å². The van der Waals surface area contributed by atoms with Gasteiger partial charge in [-0.1, -0.05) is 26.5 Å². The van der Waals surface area contributed by atoms with Crippen molar-refractivity contribution in [3.63, 3.8) is 0 Å². The maximum atomic E-state index is 16.2. The maximum Gasteiger partial charge on any atom is 0.355 e. The van der Waals surface area contributed by atoms with E-state index in [1.165, 1.54) is 22.8 Å². The summed E-state index contributed by atoms with van der Waals surface area (Å²) in [7, 11) is 0. The highest BCUT2D eigenvalue weighted by molar-refractivity contribution is 7.99. The average molecular weight is 616 g/mol. The minimum absolute atomic E-state index is 0.00506. The van der Waals surface area contributed by atoms with Gasteiger partial charge < -0.3 is 15.1 Å². The Labute approximate surface area is 257 Å². The molecule has 9 nitrogen and oxygen atoms in total. The molecule has 1 N–H and O–H groups in total. The molecule has 1 saturated carbocycles. The summed E-state index contributed by atoms with van der Waals surface area (Å²) in [6, 6.07) is 7.61. The molecule has 44 heavy (non-hydrogen) atoms. The third kappa shape index (κ3) is 4.63. The summed E-state index contributed by atoms with van der Waals surface area (Å²) in [5.41, 5.74) is 1.05. The van der Waals surface area contributed by atoms with Crippen molar-refractivity contribution in [3.8, 4) is 16.9 Å². The first-order valence-electron chi connectivity index (χ1n) is 14.8. The fourth-order valence-electron chi connectivity index (χ4n) is 6.35. The molecule has 1 aromatic carbocycles.